The molecule has 5 rings (SSSR count). The van der Waals surface area contributed by atoms with Gasteiger partial charge in [0, 0.05) is 16.7 Å². The van der Waals surface area contributed by atoms with Crippen molar-refractivity contribution in [3.8, 4) is 11.1 Å². The van der Waals surface area contributed by atoms with Crippen LogP contribution in [0.5, 0.6) is 0 Å². The third-order valence-electron chi connectivity index (χ3n) is 5.64. The van der Waals surface area contributed by atoms with Gasteiger partial charge in [-0.3, -0.25) is 0 Å². The first-order valence-electron chi connectivity index (χ1n) is 9.68. The van der Waals surface area contributed by atoms with E-state index in [1.165, 1.54) is 0 Å². The molecule has 0 spiro atoms. The Balaban J connectivity index is 1.54. The van der Waals surface area contributed by atoms with Crippen LogP contribution in [0.25, 0.3) is 16.7 Å². The van der Waals surface area contributed by atoms with Gasteiger partial charge in [-0.1, -0.05) is 48.5 Å². The average Bonchev–Trinajstić information content (AvgIpc) is 3.27. The fourth-order valence-corrected chi connectivity index (χ4v) is 4.15. The first-order valence-corrected chi connectivity index (χ1v) is 9.68. The van der Waals surface area contributed by atoms with Crippen LogP contribution in [0.3, 0.4) is 0 Å². The summed E-state index contributed by atoms with van der Waals surface area (Å²) in [6.07, 6.45) is 0. The maximum absolute atomic E-state index is 12.7. The van der Waals surface area contributed by atoms with Crippen LogP contribution < -0.4 is 10.7 Å². The van der Waals surface area contributed by atoms with Gasteiger partial charge in [-0.25, -0.2) is 14.8 Å². The molecule has 4 nitrogen and oxygen atoms in total. The smallest absolute Gasteiger partial charge is 0.357 e. The number of hydrogen-bond donors (Lipinski definition) is 0. The lowest BCUT2D eigenvalue weighted by molar-refractivity contribution is -0.140. The van der Waals surface area contributed by atoms with E-state index in [1.807, 2.05) is 49.4 Å². The minimum Gasteiger partial charge on any atom is -0.456 e. The van der Waals surface area contributed by atoms with Crippen LogP contribution in [0.15, 0.2) is 70.3 Å². The second kappa shape index (κ2) is 6.52. The van der Waals surface area contributed by atoms with Gasteiger partial charge in [0.05, 0.1) is 16.4 Å². The highest BCUT2D eigenvalue weighted by molar-refractivity contribution is 5.99. The van der Waals surface area contributed by atoms with E-state index < -0.39 is 5.97 Å². The molecule has 0 amide bonds. The quantitative estimate of drug-likeness (QED) is 0.497. The molecule has 0 N–H and O–H groups in total. The Morgan fingerprint density at radius 3 is 2.52 bits per heavy atom. The maximum atomic E-state index is 12.7. The van der Waals surface area contributed by atoms with Gasteiger partial charge in [0.1, 0.15) is 6.61 Å². The van der Waals surface area contributed by atoms with Gasteiger partial charge in [-0.2, -0.15) is 0 Å². The zero-order valence-electron chi connectivity index (χ0n) is 16.6. The summed E-state index contributed by atoms with van der Waals surface area (Å²) in [4.78, 5) is 22.2. The predicted octanol–water partition coefficient (Wildman–Crippen LogP) is 4.34. The van der Waals surface area contributed by atoms with Gasteiger partial charge < -0.3 is 4.74 Å². The van der Waals surface area contributed by atoms with Gasteiger partial charge in [0.2, 0.25) is 0 Å². The molecule has 0 radical (unpaired) electrons. The number of ether oxygens (including phenoxy) is 1. The second-order valence-corrected chi connectivity index (χ2v) is 7.52. The monoisotopic (exact) mass is 380 g/mol. The molecule has 2 aliphatic rings. The summed E-state index contributed by atoms with van der Waals surface area (Å²) in [5, 5.41) is 1.79. The van der Waals surface area contributed by atoms with Gasteiger partial charge in [0.15, 0.2) is 5.70 Å². The van der Waals surface area contributed by atoms with Crippen molar-refractivity contribution in [2.45, 2.75) is 27.4 Å². The van der Waals surface area contributed by atoms with E-state index >= 15 is 0 Å². The fraction of sp³-hybridized carbons (Fsp3) is 0.160. The first-order chi connectivity index (χ1) is 14.0. The Morgan fingerprint density at radius 1 is 0.931 bits per heavy atom. The predicted molar refractivity (Wildman–Crippen MR) is 112 cm³/mol. The molecule has 0 fully saturated rings. The first kappa shape index (κ1) is 17.6. The summed E-state index contributed by atoms with van der Waals surface area (Å²) in [6, 6.07) is 17.9. The number of aryl methyl sites for hydroxylation is 1. The van der Waals surface area contributed by atoms with Crippen LogP contribution in [-0.4, -0.2) is 5.97 Å². The molecular formula is C25H20N2O2. The van der Waals surface area contributed by atoms with Crippen molar-refractivity contribution in [2.75, 3.05) is 0 Å². The molecule has 0 saturated heterocycles. The van der Waals surface area contributed by atoms with Crippen molar-refractivity contribution in [2.24, 2.45) is 9.98 Å². The van der Waals surface area contributed by atoms with Crippen molar-refractivity contribution in [3.05, 3.63) is 93.3 Å². The molecule has 0 aromatic heterocycles. The molecule has 3 aromatic rings. The zero-order chi connectivity index (χ0) is 20.1. The van der Waals surface area contributed by atoms with Crippen LogP contribution in [0, 0.1) is 13.8 Å². The molecule has 2 heterocycles. The molecular weight excluding hydrogens is 360 g/mol. The van der Waals surface area contributed by atoms with E-state index in [1.54, 1.807) is 0 Å². The van der Waals surface area contributed by atoms with Crippen LogP contribution in [0.2, 0.25) is 0 Å². The molecule has 3 aromatic carbocycles. The van der Waals surface area contributed by atoms with Crippen molar-refractivity contribution in [1.29, 1.82) is 0 Å². The Hall–Kier alpha value is -3.53. The number of hydrogen-bond acceptors (Lipinski definition) is 4. The third-order valence-corrected chi connectivity index (χ3v) is 5.64. The summed E-state index contributed by atoms with van der Waals surface area (Å²) in [7, 11) is 0. The van der Waals surface area contributed by atoms with Crippen molar-refractivity contribution in [3.63, 3.8) is 0 Å². The molecule has 142 valence electrons. The standard InChI is InChI=1S/C25H20N2O2/c1-14-8-7-11-18-19-12-20-21(15(2)23(19)27-22(14)18)16(3)24(26-20)25(28)29-13-17-9-5-4-6-10-17/h4-12H,13H2,1-3H3. The van der Waals surface area contributed by atoms with Gasteiger partial charge >= 0.3 is 5.97 Å². The molecule has 29 heavy (non-hydrogen) atoms. The van der Waals surface area contributed by atoms with E-state index in [4.69, 9.17) is 9.73 Å². The van der Waals surface area contributed by atoms with E-state index in [0.717, 1.165) is 55.4 Å². The summed E-state index contributed by atoms with van der Waals surface area (Å²) in [6.45, 7) is 6.30. The highest BCUT2D eigenvalue weighted by atomic mass is 16.5. The molecule has 2 aliphatic heterocycles. The molecule has 0 aliphatic carbocycles. The topological polar surface area (TPSA) is 51.0 Å². The minimum atomic E-state index is -0.393. The SMILES string of the molecule is CC1=C(C(=O)OCc2ccccc2)N=c2cc3c(c(C)c21)=Nc1c(C)cccc1-3. The Labute approximate surface area is 168 Å². The number of carbonyl (C=O) groups is 1. The molecule has 4 heteroatoms. The maximum Gasteiger partial charge on any atom is 0.357 e. The van der Waals surface area contributed by atoms with Crippen molar-refractivity contribution in [1.82, 2.24) is 0 Å². The van der Waals surface area contributed by atoms with E-state index in [2.05, 4.69) is 31.0 Å². The second-order valence-electron chi connectivity index (χ2n) is 7.52. The number of esters is 1. The highest BCUT2D eigenvalue weighted by Gasteiger charge is 2.26. The number of para-hydroxylation sites is 1. The number of carbonyl (C=O) groups excluding carboxylic acids is 1. The van der Waals surface area contributed by atoms with Crippen LogP contribution in [-0.2, 0) is 16.1 Å². The van der Waals surface area contributed by atoms with E-state index in [9.17, 15) is 4.79 Å². The lowest BCUT2D eigenvalue weighted by Crippen LogP contribution is -2.18. The number of allylic oxidation sites excluding steroid dienone is 1. The van der Waals surface area contributed by atoms with Gasteiger partial charge in [0.25, 0.3) is 0 Å². The summed E-state index contributed by atoms with van der Waals surface area (Å²) in [5.41, 5.74) is 8.62. The fourth-order valence-electron chi connectivity index (χ4n) is 4.15. The Morgan fingerprint density at radius 2 is 1.72 bits per heavy atom. The zero-order valence-corrected chi connectivity index (χ0v) is 16.6. The molecule has 0 bridgehead atoms. The molecule has 0 saturated carbocycles. The van der Waals surface area contributed by atoms with Gasteiger partial charge in [-0.05, 0) is 49.1 Å². The highest BCUT2D eigenvalue weighted by Crippen LogP contribution is 2.36. The number of rotatable bonds is 3. The lowest BCUT2D eigenvalue weighted by Gasteiger charge is -2.07. The summed E-state index contributed by atoms with van der Waals surface area (Å²) >= 11 is 0. The van der Waals surface area contributed by atoms with Crippen molar-refractivity contribution >= 4 is 17.2 Å². The number of benzene rings is 3. The number of fused-ring (bicyclic) bond motifs is 4. The minimum absolute atomic E-state index is 0.236. The molecule has 0 atom stereocenters. The van der Waals surface area contributed by atoms with Crippen LogP contribution >= 0.6 is 0 Å². The Bertz CT molecular complexity index is 1340. The third kappa shape index (κ3) is 2.71. The number of nitrogens with zero attached hydrogens (tertiary/aromatic N) is 2. The molecule has 0 unspecified atom stereocenters. The average molecular weight is 380 g/mol. The van der Waals surface area contributed by atoms with Crippen LogP contribution in [0.4, 0.5) is 5.69 Å². The van der Waals surface area contributed by atoms with E-state index in [-0.39, 0.29) is 6.61 Å². The van der Waals surface area contributed by atoms with Crippen LogP contribution in [0.1, 0.15) is 29.2 Å². The summed E-state index contributed by atoms with van der Waals surface area (Å²) < 4.78 is 5.51. The van der Waals surface area contributed by atoms with Gasteiger partial charge in [-0.15, -0.1) is 0 Å². The van der Waals surface area contributed by atoms with E-state index in [0.29, 0.717) is 5.70 Å². The lowest BCUT2D eigenvalue weighted by atomic mass is 9.95. The normalized spacial score (nSPS) is 13.3. The van der Waals surface area contributed by atoms with Crippen molar-refractivity contribution < 1.29 is 9.53 Å². The Kier molecular flexibility index (Phi) is 3.95. The largest absolute Gasteiger partial charge is 0.456 e. The summed E-state index contributed by atoms with van der Waals surface area (Å²) in [5.74, 6) is -0.393.